The highest BCUT2D eigenvalue weighted by atomic mass is 32.2. The molecule has 0 N–H and O–H groups in total. The van der Waals surface area contributed by atoms with Crippen molar-refractivity contribution in [3.8, 4) is 11.5 Å². The van der Waals surface area contributed by atoms with Crippen molar-refractivity contribution in [1.82, 2.24) is 4.90 Å². The molecule has 23 heavy (non-hydrogen) atoms. The molecule has 1 fully saturated rings. The van der Waals surface area contributed by atoms with Crippen LogP contribution in [0.15, 0.2) is 12.1 Å². The van der Waals surface area contributed by atoms with Crippen LogP contribution >= 0.6 is 0 Å². The van der Waals surface area contributed by atoms with E-state index in [0.717, 1.165) is 11.1 Å². The Morgan fingerprint density at radius 3 is 2.39 bits per heavy atom. The number of carbonyl (C=O) groups is 1. The molecule has 1 atom stereocenters. The van der Waals surface area contributed by atoms with Crippen molar-refractivity contribution in [3.05, 3.63) is 23.3 Å². The Labute approximate surface area is 137 Å². The van der Waals surface area contributed by atoms with E-state index in [1.165, 1.54) is 0 Å². The van der Waals surface area contributed by atoms with Gasteiger partial charge in [0.05, 0.1) is 31.6 Å². The summed E-state index contributed by atoms with van der Waals surface area (Å²) in [7, 11) is 1.78. The van der Waals surface area contributed by atoms with Gasteiger partial charge in [0.25, 0.3) is 0 Å². The maximum atomic E-state index is 12.4. The first-order valence-electron chi connectivity index (χ1n) is 7.44. The molecule has 0 bridgehead atoms. The van der Waals surface area contributed by atoms with Crippen molar-refractivity contribution in [2.45, 2.75) is 19.9 Å². The van der Waals surface area contributed by atoms with Crippen LogP contribution in [0.1, 0.15) is 17.5 Å². The van der Waals surface area contributed by atoms with Crippen molar-refractivity contribution in [1.29, 1.82) is 0 Å². The van der Waals surface area contributed by atoms with E-state index in [0.29, 0.717) is 24.5 Å². The van der Waals surface area contributed by atoms with Crippen LogP contribution in [0.5, 0.6) is 11.5 Å². The molecule has 1 amide bonds. The quantitative estimate of drug-likeness (QED) is 0.809. The minimum atomic E-state index is -3.06. The third-order valence-electron chi connectivity index (χ3n) is 4.21. The van der Waals surface area contributed by atoms with E-state index in [1.54, 1.807) is 26.2 Å². The van der Waals surface area contributed by atoms with Gasteiger partial charge in [0, 0.05) is 13.6 Å². The van der Waals surface area contributed by atoms with Crippen LogP contribution in [0.4, 0.5) is 0 Å². The molecule has 0 saturated carbocycles. The number of nitrogens with zero attached hydrogens (tertiary/aromatic N) is 1. The summed E-state index contributed by atoms with van der Waals surface area (Å²) in [5, 5.41) is 0. The van der Waals surface area contributed by atoms with Crippen LogP contribution in [0.25, 0.3) is 0 Å². The lowest BCUT2D eigenvalue weighted by Crippen LogP contribution is -2.33. The highest BCUT2D eigenvalue weighted by Gasteiger charge is 2.34. The van der Waals surface area contributed by atoms with Crippen molar-refractivity contribution >= 4 is 15.7 Å². The SMILES string of the molecule is COc1cc(C)c(CN(C)C(=O)[C@H]2CCS(=O)(=O)C2)cc1OC. The number of ether oxygens (including phenoxy) is 2. The Hall–Kier alpha value is -1.76. The first kappa shape index (κ1) is 17.6. The van der Waals surface area contributed by atoms with E-state index in [1.807, 2.05) is 19.1 Å². The Balaban J connectivity index is 2.14. The molecule has 0 radical (unpaired) electrons. The second-order valence-electron chi connectivity index (χ2n) is 5.93. The lowest BCUT2D eigenvalue weighted by atomic mass is 10.0. The van der Waals surface area contributed by atoms with E-state index in [2.05, 4.69) is 0 Å². The Morgan fingerprint density at radius 2 is 1.87 bits per heavy atom. The van der Waals surface area contributed by atoms with Crippen LogP contribution in [-0.2, 0) is 21.2 Å². The van der Waals surface area contributed by atoms with E-state index in [4.69, 9.17) is 9.47 Å². The highest BCUT2D eigenvalue weighted by molar-refractivity contribution is 7.91. The molecule has 1 aliphatic rings. The van der Waals surface area contributed by atoms with Gasteiger partial charge in [-0.15, -0.1) is 0 Å². The smallest absolute Gasteiger partial charge is 0.226 e. The van der Waals surface area contributed by atoms with Gasteiger partial charge in [-0.2, -0.15) is 0 Å². The molecule has 6 nitrogen and oxygen atoms in total. The van der Waals surface area contributed by atoms with Crippen LogP contribution < -0.4 is 9.47 Å². The Morgan fingerprint density at radius 1 is 1.26 bits per heavy atom. The van der Waals surface area contributed by atoms with Crippen molar-refractivity contribution in [2.24, 2.45) is 5.92 Å². The number of methoxy groups -OCH3 is 2. The number of carbonyl (C=O) groups excluding carboxylic acids is 1. The molecule has 1 heterocycles. The second kappa shape index (κ2) is 6.78. The first-order valence-corrected chi connectivity index (χ1v) is 9.26. The zero-order valence-corrected chi connectivity index (χ0v) is 14.8. The number of rotatable bonds is 5. The number of aryl methyl sites for hydroxylation is 1. The Kier molecular flexibility index (Phi) is 5.19. The molecular formula is C16H23NO5S. The third-order valence-corrected chi connectivity index (χ3v) is 5.98. The van der Waals surface area contributed by atoms with Crippen LogP contribution in [-0.4, -0.2) is 52.0 Å². The van der Waals surface area contributed by atoms with Gasteiger partial charge < -0.3 is 14.4 Å². The maximum Gasteiger partial charge on any atom is 0.226 e. The predicted molar refractivity (Wildman–Crippen MR) is 87.5 cm³/mol. The summed E-state index contributed by atoms with van der Waals surface area (Å²) in [6, 6.07) is 3.72. The number of benzene rings is 1. The number of hydrogen-bond donors (Lipinski definition) is 0. The minimum absolute atomic E-state index is 0.0406. The zero-order chi connectivity index (χ0) is 17.2. The molecule has 0 aromatic heterocycles. The van der Waals surface area contributed by atoms with Gasteiger partial charge in [0.2, 0.25) is 5.91 Å². The van der Waals surface area contributed by atoms with Crippen molar-refractivity contribution in [2.75, 3.05) is 32.8 Å². The second-order valence-corrected chi connectivity index (χ2v) is 8.16. The minimum Gasteiger partial charge on any atom is -0.493 e. The lowest BCUT2D eigenvalue weighted by molar-refractivity contribution is -0.133. The largest absolute Gasteiger partial charge is 0.493 e. The molecule has 1 saturated heterocycles. The van der Waals surface area contributed by atoms with Crippen LogP contribution in [0, 0.1) is 12.8 Å². The molecule has 1 aromatic rings. The van der Waals surface area contributed by atoms with E-state index < -0.39 is 15.8 Å². The summed E-state index contributed by atoms with van der Waals surface area (Å²) in [4.78, 5) is 14.0. The molecule has 1 aromatic carbocycles. The molecular weight excluding hydrogens is 318 g/mol. The van der Waals surface area contributed by atoms with Crippen molar-refractivity contribution in [3.63, 3.8) is 0 Å². The van der Waals surface area contributed by atoms with Gasteiger partial charge >= 0.3 is 0 Å². The van der Waals surface area contributed by atoms with Gasteiger partial charge in [0.1, 0.15) is 0 Å². The summed E-state index contributed by atoms with van der Waals surface area (Å²) in [6.07, 6.45) is 0.413. The number of sulfone groups is 1. The van der Waals surface area contributed by atoms with Gasteiger partial charge in [-0.25, -0.2) is 8.42 Å². The van der Waals surface area contributed by atoms with Crippen LogP contribution in [0.2, 0.25) is 0 Å². The number of hydrogen-bond acceptors (Lipinski definition) is 5. The van der Waals surface area contributed by atoms with Crippen molar-refractivity contribution < 1.29 is 22.7 Å². The fourth-order valence-electron chi connectivity index (χ4n) is 2.83. The fraction of sp³-hybridized carbons (Fsp3) is 0.562. The fourth-order valence-corrected chi connectivity index (χ4v) is 4.56. The van der Waals surface area contributed by atoms with Gasteiger partial charge in [-0.3, -0.25) is 4.79 Å². The van der Waals surface area contributed by atoms with E-state index in [9.17, 15) is 13.2 Å². The molecule has 0 unspecified atom stereocenters. The molecule has 2 rings (SSSR count). The summed E-state index contributed by atoms with van der Waals surface area (Å²) < 4.78 is 33.6. The zero-order valence-electron chi connectivity index (χ0n) is 14.0. The molecule has 0 spiro atoms. The highest BCUT2D eigenvalue weighted by Crippen LogP contribution is 2.31. The summed E-state index contributed by atoms with van der Waals surface area (Å²) in [5.74, 6) is 0.765. The van der Waals surface area contributed by atoms with E-state index in [-0.39, 0.29) is 17.4 Å². The molecule has 128 valence electrons. The Bertz CT molecular complexity index is 699. The average Bonchev–Trinajstić information content (AvgIpc) is 2.87. The monoisotopic (exact) mass is 341 g/mol. The third kappa shape index (κ3) is 3.96. The predicted octanol–water partition coefficient (Wildman–Crippen LogP) is 1.41. The summed E-state index contributed by atoms with van der Waals surface area (Å²) >= 11 is 0. The van der Waals surface area contributed by atoms with E-state index >= 15 is 0 Å². The van der Waals surface area contributed by atoms with Gasteiger partial charge in [-0.05, 0) is 36.6 Å². The maximum absolute atomic E-state index is 12.4. The standard InChI is InChI=1S/C16H23NO5S/c1-11-7-14(21-3)15(22-4)8-13(11)9-17(2)16(18)12-5-6-23(19,20)10-12/h7-8,12H,5-6,9-10H2,1-4H3/t12-/m0/s1. The average molecular weight is 341 g/mol. The molecule has 1 aliphatic heterocycles. The van der Waals surface area contributed by atoms with Gasteiger partial charge in [-0.1, -0.05) is 0 Å². The lowest BCUT2D eigenvalue weighted by Gasteiger charge is -2.22. The molecule has 0 aliphatic carbocycles. The van der Waals surface area contributed by atoms with Gasteiger partial charge in [0.15, 0.2) is 21.3 Å². The first-order chi connectivity index (χ1) is 10.8. The number of amides is 1. The van der Waals surface area contributed by atoms with Crippen LogP contribution in [0.3, 0.4) is 0 Å². The molecule has 7 heteroatoms. The summed E-state index contributed by atoms with van der Waals surface area (Å²) in [5.41, 5.74) is 1.93. The topological polar surface area (TPSA) is 72.9 Å². The normalized spacial score (nSPS) is 19.4. The summed E-state index contributed by atoms with van der Waals surface area (Å²) in [6.45, 7) is 2.34.